The summed E-state index contributed by atoms with van der Waals surface area (Å²) in [5.74, 6) is -69.1. The fourth-order valence-electron chi connectivity index (χ4n) is 10.5. The van der Waals surface area contributed by atoms with E-state index in [1.807, 2.05) is 13.0 Å². The Hall–Kier alpha value is -1.95. The van der Waals surface area contributed by atoms with Crippen molar-refractivity contribution in [3.05, 3.63) is 47.6 Å². The molecule has 14 unspecified atom stereocenters. The first-order chi connectivity index (χ1) is 59.8. The van der Waals surface area contributed by atoms with Gasteiger partial charge in [-0.3, -0.25) is 0 Å². The van der Waals surface area contributed by atoms with Gasteiger partial charge in [-0.2, -0.15) is 184 Å². The van der Waals surface area contributed by atoms with Crippen molar-refractivity contribution in [2.24, 2.45) is 38.4 Å². The second-order valence-electron chi connectivity index (χ2n) is 39.3. The molecule has 0 spiro atoms. The van der Waals surface area contributed by atoms with E-state index >= 15 is 0 Å². The topological polar surface area (TPSA) is 283 Å². The van der Waals surface area contributed by atoms with E-state index in [1.54, 1.807) is 6.07 Å². The molecule has 0 fully saturated rings. The van der Waals surface area contributed by atoms with Crippen molar-refractivity contribution in [1.82, 2.24) is 0 Å². The molecule has 0 radical (unpaired) electrons. The van der Waals surface area contributed by atoms with E-state index in [1.165, 1.54) is 125 Å². The second-order valence-corrected chi connectivity index (χ2v) is 39.3. The second kappa shape index (κ2) is 53.8. The zero-order valence-electron chi connectivity index (χ0n) is 78.4. The molecular formula is C82H122Eu2F42O14+6. The molecule has 14 N–H and O–H groups in total. The Kier molecular flexibility index (Phi) is 58.1. The number of rotatable bonds is 32. The Bertz CT molecular complexity index is 3470. The van der Waals surface area contributed by atoms with Gasteiger partial charge >= 0.3 is 207 Å². The van der Waals surface area contributed by atoms with Crippen LogP contribution in [0.15, 0.2) is 36.4 Å². The van der Waals surface area contributed by atoms with E-state index in [0.29, 0.717) is 5.56 Å². The van der Waals surface area contributed by atoms with Gasteiger partial charge in [-0.05, 0) is 82.6 Å². The van der Waals surface area contributed by atoms with Crippen LogP contribution in [0.3, 0.4) is 0 Å². The first-order valence-corrected chi connectivity index (χ1v) is 40.7. The van der Waals surface area contributed by atoms with Crippen LogP contribution in [-0.2, 0) is 6.42 Å². The first-order valence-electron chi connectivity index (χ1n) is 40.7. The first kappa shape index (κ1) is 151. The maximum Gasteiger partial charge on any atom is 3.00 e. The Morgan fingerprint density at radius 3 is 0.686 bits per heavy atom. The van der Waals surface area contributed by atoms with Crippen molar-refractivity contribution in [2.45, 2.75) is 416 Å². The predicted octanol–water partition coefficient (Wildman–Crippen LogP) is 24.1. The SMILES string of the molecule is C=C(C)C1CCC=CC1c1c(O)ccc(CCCCC)c1O.CC(C)(C)C(O)CC(O)C(F)(F)C(F)(F)C(F)(F)F.CC(C)(C)C(O)CC(O)C(F)(F)C(F)(F)C(F)(F)F.CC(C)(C)C(O)CC(O)C(F)(F)C(F)(F)C(F)(F)F.CC(C)(C)C(O)CC(O)C(F)(F)C(F)(F)C(F)(F)F.CC(C)(C)C(O)CC(O)C(F)(F)C(F)(F)CC(F)(F)F.CC(C)(C)C(O)CC(O)C(F)(F)C(F)(F)CC(F)(F)F.[Eu+3].[Eu+3]. The number of aliphatic hydroxyl groups excluding tert-OH is 12. The molecule has 140 heavy (non-hydrogen) atoms. The molecule has 14 atom stereocenters. The molecule has 0 saturated heterocycles. The van der Waals surface area contributed by atoms with Gasteiger partial charge in [0.05, 0.1) is 36.6 Å². The van der Waals surface area contributed by atoms with E-state index in [9.17, 15) is 225 Å². The molecule has 1 aliphatic rings. The molecular weight excluding hydrogens is 2310 g/mol. The van der Waals surface area contributed by atoms with Crippen molar-refractivity contribution in [1.29, 1.82) is 0 Å². The average molecular weight is 2430 g/mol. The predicted molar refractivity (Wildman–Crippen MR) is 414 cm³/mol. The zero-order valence-corrected chi connectivity index (χ0v) is 83.2. The van der Waals surface area contributed by atoms with Gasteiger partial charge in [0.15, 0.2) is 0 Å². The number of aliphatic hydroxyl groups is 12. The fraction of sp³-hybridized carbons (Fsp3) is 0.878. The third-order valence-corrected chi connectivity index (χ3v) is 20.8. The van der Waals surface area contributed by atoms with Crippen LogP contribution in [-0.4, -0.2) is 253 Å². The molecule has 14 nitrogen and oxygen atoms in total. The van der Waals surface area contributed by atoms with Crippen LogP contribution in [0.2, 0.25) is 0 Å². The van der Waals surface area contributed by atoms with Crippen molar-refractivity contribution in [3.8, 4) is 11.5 Å². The average Bonchev–Trinajstić information content (AvgIpc) is 0.769. The van der Waals surface area contributed by atoms with Crippen LogP contribution >= 0.6 is 0 Å². The number of phenols is 2. The molecule has 0 aliphatic heterocycles. The summed E-state index contributed by atoms with van der Waals surface area (Å²) in [6.07, 6.45) is -69.3. The van der Waals surface area contributed by atoms with Gasteiger partial charge in [0, 0.05) is 50.0 Å². The van der Waals surface area contributed by atoms with Gasteiger partial charge in [-0.1, -0.05) is 175 Å². The molecule has 836 valence electrons. The summed E-state index contributed by atoms with van der Waals surface area (Å²) in [6.45, 7) is 32.9. The van der Waals surface area contributed by atoms with Gasteiger partial charge < -0.3 is 71.5 Å². The molecule has 1 aromatic rings. The molecule has 0 heterocycles. The Balaban J connectivity index is -0.000000294. The van der Waals surface area contributed by atoms with E-state index in [4.69, 9.17) is 30.6 Å². The number of hydrogen-bond acceptors (Lipinski definition) is 14. The molecule has 1 aromatic carbocycles. The summed E-state index contributed by atoms with van der Waals surface area (Å²) in [7, 11) is 0. The summed E-state index contributed by atoms with van der Waals surface area (Å²) in [6, 6.07) is 3.58. The third kappa shape index (κ3) is 44.2. The van der Waals surface area contributed by atoms with Gasteiger partial charge in [-0.15, -0.1) is 0 Å². The quantitative estimate of drug-likeness (QED) is 0.0182. The van der Waals surface area contributed by atoms with Crippen LogP contribution in [0, 0.1) is 137 Å². The number of phenolic OH excluding ortho intramolecular Hbond substituents is 2. The summed E-state index contributed by atoms with van der Waals surface area (Å²) in [4.78, 5) is 0. The number of halogens is 42. The standard InChI is InChI=1S/C20H28O2.2C11H17F7O2.4C10H15F7O2.2Eu/c1-4-5-6-9-15-12-13-18(21)19(20(15)22)17-11-8-7-10-16(17)14(2)3;2*1-8(2,3)6(19)4-7(20)11(17,18)9(12,13)5-10(14,15)16;4*1-7(2,3)5(18)4-6(19)8(11,12)9(13,14)10(15,16)17;;/h8,11-13,16-17,21-22H,2,4-7,9-10H2,1,3H3;2*6-7,19-20H,4-5H2,1-3H3;4*5-6,18-19H,4H2,1-3H3;;/q;;;;;;;2*+3. The van der Waals surface area contributed by atoms with E-state index < -0.39 is 265 Å². The molecule has 0 amide bonds. The van der Waals surface area contributed by atoms with E-state index in [0.717, 1.165) is 49.7 Å². The smallest absolute Gasteiger partial charge is 0.508 e. The maximum absolute atomic E-state index is 13.3. The summed E-state index contributed by atoms with van der Waals surface area (Å²) in [5, 5.41) is 131. The third-order valence-electron chi connectivity index (χ3n) is 20.8. The largest absolute Gasteiger partial charge is 3.00 e. The molecule has 0 bridgehead atoms. The van der Waals surface area contributed by atoms with Crippen LogP contribution in [0.4, 0.5) is 184 Å². The Morgan fingerprint density at radius 1 is 0.314 bits per heavy atom. The number of hydrogen-bond donors (Lipinski definition) is 14. The molecule has 58 heteroatoms. The molecule has 0 saturated carbocycles. The van der Waals surface area contributed by atoms with Crippen molar-refractivity contribution < 1.29 is 355 Å². The summed E-state index contributed by atoms with van der Waals surface area (Å²) >= 11 is 0. The minimum Gasteiger partial charge on any atom is -0.508 e. The van der Waals surface area contributed by atoms with Crippen LogP contribution in [0.25, 0.3) is 0 Å². The molecule has 1 aliphatic carbocycles. The van der Waals surface area contributed by atoms with Crippen LogP contribution < -0.4 is 0 Å². The Morgan fingerprint density at radius 2 is 0.514 bits per heavy atom. The molecule has 2 rings (SSSR count). The van der Waals surface area contributed by atoms with Crippen molar-refractivity contribution >= 4 is 0 Å². The minimum atomic E-state index is -6.50. The van der Waals surface area contributed by atoms with E-state index in [2.05, 4.69) is 25.7 Å². The normalized spacial score (nSPS) is 18.4. The summed E-state index contributed by atoms with van der Waals surface area (Å²) in [5.41, 5.74) is -3.44. The maximum atomic E-state index is 13.3. The van der Waals surface area contributed by atoms with Gasteiger partial charge in [0.2, 0.25) is 0 Å². The zero-order chi connectivity index (χ0) is 113. The number of alkyl halides is 42. The number of benzene rings is 1. The van der Waals surface area contributed by atoms with Gasteiger partial charge in [0.25, 0.3) is 0 Å². The summed E-state index contributed by atoms with van der Waals surface area (Å²) < 4.78 is 523. The van der Waals surface area contributed by atoms with Gasteiger partial charge in [-0.25, -0.2) is 0 Å². The van der Waals surface area contributed by atoms with Gasteiger partial charge in [0.1, 0.15) is 61.0 Å². The number of allylic oxidation sites excluding steroid dienone is 3. The van der Waals surface area contributed by atoms with Crippen molar-refractivity contribution in [2.75, 3.05) is 0 Å². The number of aryl methyl sites for hydroxylation is 1. The van der Waals surface area contributed by atoms with Crippen LogP contribution in [0.1, 0.15) is 239 Å². The molecule has 0 aromatic heterocycles. The van der Waals surface area contributed by atoms with Crippen LogP contribution in [0.5, 0.6) is 11.5 Å². The Labute approximate surface area is 861 Å². The fourth-order valence-corrected chi connectivity index (χ4v) is 10.5. The van der Waals surface area contributed by atoms with Crippen molar-refractivity contribution in [3.63, 3.8) is 0 Å². The minimum absolute atomic E-state index is 0. The van der Waals surface area contributed by atoms with E-state index in [-0.39, 0.29) is 122 Å². The monoisotopic (exact) mass is 2430 g/mol. The number of aromatic hydroxyl groups is 2. The number of unbranched alkanes of at least 4 members (excludes halogenated alkanes) is 2.